The van der Waals surface area contributed by atoms with Crippen LogP contribution in [0.4, 0.5) is 4.79 Å². The average molecular weight is 338 g/mol. The third-order valence-corrected chi connectivity index (χ3v) is 4.55. The van der Waals surface area contributed by atoms with Gasteiger partial charge in [0, 0.05) is 32.2 Å². The largest absolute Gasteiger partial charge is 0.444 e. The molecule has 24 heavy (non-hydrogen) atoms. The first-order valence-corrected chi connectivity index (χ1v) is 9.31. The van der Waals surface area contributed by atoms with Gasteiger partial charge in [-0.2, -0.15) is 0 Å². The molecule has 0 aromatic rings. The molecule has 6 nitrogen and oxygen atoms in total. The standard InChI is InChI=1S/C18H34N4O2/c1-6-19-16(21-15-11-13(15)2)20-12-14-7-9-22(10-8-14)17(23)24-18(3,4)5/h13-15H,6-12H2,1-5H3,(H2,19,20,21). The van der Waals surface area contributed by atoms with E-state index in [1.807, 2.05) is 25.7 Å². The molecule has 2 fully saturated rings. The number of hydrogen-bond acceptors (Lipinski definition) is 3. The number of guanidine groups is 1. The molecule has 2 unspecified atom stereocenters. The van der Waals surface area contributed by atoms with Gasteiger partial charge in [0.1, 0.15) is 5.60 Å². The molecule has 0 aromatic heterocycles. The van der Waals surface area contributed by atoms with E-state index in [0.29, 0.717) is 12.0 Å². The minimum Gasteiger partial charge on any atom is -0.444 e. The molecule has 6 heteroatoms. The molecule has 1 saturated carbocycles. The van der Waals surface area contributed by atoms with Crippen molar-refractivity contribution in [3.63, 3.8) is 0 Å². The van der Waals surface area contributed by atoms with E-state index >= 15 is 0 Å². The number of carbonyl (C=O) groups excluding carboxylic acids is 1. The van der Waals surface area contributed by atoms with Gasteiger partial charge in [-0.3, -0.25) is 4.99 Å². The molecular formula is C18H34N4O2. The van der Waals surface area contributed by atoms with Gasteiger partial charge in [-0.25, -0.2) is 4.79 Å². The summed E-state index contributed by atoms with van der Waals surface area (Å²) < 4.78 is 5.44. The Morgan fingerprint density at radius 3 is 2.42 bits per heavy atom. The summed E-state index contributed by atoms with van der Waals surface area (Å²) in [5.74, 6) is 2.23. The third-order valence-electron chi connectivity index (χ3n) is 4.55. The van der Waals surface area contributed by atoms with Crippen molar-refractivity contribution in [1.29, 1.82) is 0 Å². The van der Waals surface area contributed by atoms with Crippen molar-refractivity contribution in [2.24, 2.45) is 16.8 Å². The van der Waals surface area contributed by atoms with Gasteiger partial charge in [0.2, 0.25) is 0 Å². The number of rotatable bonds is 4. The maximum absolute atomic E-state index is 12.1. The van der Waals surface area contributed by atoms with Gasteiger partial charge in [-0.1, -0.05) is 6.92 Å². The molecule has 0 spiro atoms. The molecule has 2 atom stereocenters. The lowest BCUT2D eigenvalue weighted by Gasteiger charge is -2.33. The van der Waals surface area contributed by atoms with Gasteiger partial charge in [0.25, 0.3) is 0 Å². The molecule has 2 N–H and O–H groups in total. The normalized spacial score (nSPS) is 25.4. The minimum atomic E-state index is -0.426. The summed E-state index contributed by atoms with van der Waals surface area (Å²) in [6.45, 7) is 13.3. The van der Waals surface area contributed by atoms with E-state index in [0.717, 1.165) is 50.9 Å². The van der Waals surface area contributed by atoms with Crippen molar-refractivity contribution in [1.82, 2.24) is 15.5 Å². The van der Waals surface area contributed by atoms with Gasteiger partial charge < -0.3 is 20.3 Å². The Balaban J connectivity index is 1.75. The molecule has 2 aliphatic rings. The van der Waals surface area contributed by atoms with Crippen molar-refractivity contribution in [2.45, 2.75) is 65.5 Å². The molecule has 0 radical (unpaired) electrons. The lowest BCUT2D eigenvalue weighted by atomic mass is 9.97. The predicted molar refractivity (Wildman–Crippen MR) is 97.2 cm³/mol. The Morgan fingerprint density at radius 1 is 1.29 bits per heavy atom. The van der Waals surface area contributed by atoms with Gasteiger partial charge >= 0.3 is 6.09 Å². The number of nitrogens with zero attached hydrogens (tertiary/aromatic N) is 2. The second-order valence-corrected chi connectivity index (χ2v) is 8.09. The van der Waals surface area contributed by atoms with E-state index in [1.54, 1.807) is 0 Å². The van der Waals surface area contributed by atoms with Crippen LogP contribution in [0.15, 0.2) is 4.99 Å². The van der Waals surface area contributed by atoms with E-state index in [-0.39, 0.29) is 6.09 Å². The lowest BCUT2D eigenvalue weighted by molar-refractivity contribution is 0.0187. The summed E-state index contributed by atoms with van der Waals surface area (Å²) in [6, 6.07) is 0.580. The van der Waals surface area contributed by atoms with E-state index in [1.165, 1.54) is 6.42 Å². The Bertz CT molecular complexity index is 450. The molecule has 138 valence electrons. The first-order valence-electron chi connectivity index (χ1n) is 9.31. The number of nitrogens with one attached hydrogen (secondary N) is 2. The van der Waals surface area contributed by atoms with Crippen LogP contribution in [-0.4, -0.2) is 54.8 Å². The van der Waals surface area contributed by atoms with Crippen molar-refractivity contribution < 1.29 is 9.53 Å². The van der Waals surface area contributed by atoms with E-state index in [2.05, 4.69) is 24.5 Å². The Kier molecular flexibility index (Phi) is 6.35. The summed E-state index contributed by atoms with van der Waals surface area (Å²) in [6.07, 6.45) is 3.02. The predicted octanol–water partition coefficient (Wildman–Crippen LogP) is 2.60. The molecular weight excluding hydrogens is 304 g/mol. The second kappa shape index (κ2) is 8.08. The third kappa shape index (κ3) is 6.21. The topological polar surface area (TPSA) is 66.0 Å². The Hall–Kier alpha value is -1.46. The number of hydrogen-bond donors (Lipinski definition) is 2. The highest BCUT2D eigenvalue weighted by atomic mass is 16.6. The first kappa shape index (κ1) is 18.9. The van der Waals surface area contributed by atoms with Crippen molar-refractivity contribution in [3.05, 3.63) is 0 Å². The van der Waals surface area contributed by atoms with Crippen LogP contribution in [-0.2, 0) is 4.74 Å². The van der Waals surface area contributed by atoms with Gasteiger partial charge in [0.15, 0.2) is 5.96 Å². The van der Waals surface area contributed by atoms with Crippen LogP contribution < -0.4 is 10.6 Å². The summed E-state index contributed by atoms with van der Waals surface area (Å²) in [5.41, 5.74) is -0.426. The molecule has 0 aromatic carbocycles. The molecule has 1 heterocycles. The van der Waals surface area contributed by atoms with Crippen LogP contribution >= 0.6 is 0 Å². The second-order valence-electron chi connectivity index (χ2n) is 8.09. The Labute approximate surface area is 146 Å². The number of likely N-dealkylation sites (tertiary alicyclic amines) is 1. The molecule has 0 bridgehead atoms. The monoisotopic (exact) mass is 338 g/mol. The van der Waals surface area contributed by atoms with Crippen LogP contribution in [0.5, 0.6) is 0 Å². The molecule has 1 aliphatic carbocycles. The average Bonchev–Trinajstić information content (AvgIpc) is 3.19. The summed E-state index contributed by atoms with van der Waals surface area (Å²) in [4.78, 5) is 18.6. The van der Waals surface area contributed by atoms with E-state index in [4.69, 9.17) is 9.73 Å². The SMILES string of the molecule is CCNC(=NCC1CCN(C(=O)OC(C)(C)C)CC1)NC1CC1C. The zero-order valence-corrected chi connectivity index (χ0v) is 15.9. The fourth-order valence-corrected chi connectivity index (χ4v) is 2.86. The van der Waals surface area contributed by atoms with Crippen LogP contribution in [0.3, 0.4) is 0 Å². The van der Waals surface area contributed by atoms with E-state index in [9.17, 15) is 4.79 Å². The van der Waals surface area contributed by atoms with Crippen molar-refractivity contribution in [3.8, 4) is 0 Å². The first-order chi connectivity index (χ1) is 11.3. The van der Waals surface area contributed by atoms with Crippen molar-refractivity contribution in [2.75, 3.05) is 26.2 Å². The summed E-state index contributed by atoms with van der Waals surface area (Å²) >= 11 is 0. The summed E-state index contributed by atoms with van der Waals surface area (Å²) in [7, 11) is 0. The van der Waals surface area contributed by atoms with Crippen LogP contribution in [0, 0.1) is 11.8 Å². The van der Waals surface area contributed by atoms with Gasteiger partial charge in [-0.05, 0) is 58.8 Å². The maximum atomic E-state index is 12.1. The zero-order valence-electron chi connectivity index (χ0n) is 15.9. The fraction of sp³-hybridized carbons (Fsp3) is 0.889. The van der Waals surface area contributed by atoms with Crippen LogP contribution in [0.1, 0.15) is 53.9 Å². The fourth-order valence-electron chi connectivity index (χ4n) is 2.86. The Morgan fingerprint density at radius 2 is 1.92 bits per heavy atom. The highest BCUT2D eigenvalue weighted by Crippen LogP contribution is 2.28. The zero-order chi connectivity index (χ0) is 17.7. The van der Waals surface area contributed by atoms with Crippen LogP contribution in [0.2, 0.25) is 0 Å². The molecule has 2 rings (SSSR count). The van der Waals surface area contributed by atoms with Gasteiger partial charge in [-0.15, -0.1) is 0 Å². The number of carbonyl (C=O) groups is 1. The van der Waals surface area contributed by atoms with E-state index < -0.39 is 5.60 Å². The number of aliphatic imine (C=N–C) groups is 1. The highest BCUT2D eigenvalue weighted by Gasteiger charge is 2.33. The number of piperidine rings is 1. The molecule has 1 amide bonds. The van der Waals surface area contributed by atoms with Gasteiger partial charge in [0.05, 0.1) is 0 Å². The summed E-state index contributed by atoms with van der Waals surface area (Å²) in [5, 5.41) is 6.81. The highest BCUT2D eigenvalue weighted by molar-refractivity contribution is 5.80. The number of amides is 1. The molecule has 1 aliphatic heterocycles. The quantitative estimate of drug-likeness (QED) is 0.611. The number of ether oxygens (including phenoxy) is 1. The smallest absolute Gasteiger partial charge is 0.410 e. The minimum absolute atomic E-state index is 0.192. The van der Waals surface area contributed by atoms with Crippen LogP contribution in [0.25, 0.3) is 0 Å². The maximum Gasteiger partial charge on any atom is 0.410 e. The lowest BCUT2D eigenvalue weighted by Crippen LogP contribution is -2.42. The molecule has 1 saturated heterocycles. The van der Waals surface area contributed by atoms with Crippen molar-refractivity contribution >= 4 is 12.1 Å².